The van der Waals surface area contributed by atoms with E-state index in [1.54, 1.807) is 17.0 Å². The molecule has 2 aliphatic rings. The fourth-order valence-electron chi connectivity index (χ4n) is 3.58. The van der Waals surface area contributed by atoms with E-state index in [2.05, 4.69) is 5.10 Å². The van der Waals surface area contributed by atoms with Crippen LogP contribution in [-0.2, 0) is 13.0 Å². The Balaban J connectivity index is 1.50. The molecule has 2 aromatic carbocycles. The Morgan fingerprint density at radius 3 is 2.37 bits per heavy atom. The van der Waals surface area contributed by atoms with Gasteiger partial charge in [-0.05, 0) is 60.9 Å². The molecule has 0 saturated carbocycles. The monoisotopic (exact) mass is 363 g/mol. The van der Waals surface area contributed by atoms with Gasteiger partial charge in [-0.2, -0.15) is 5.10 Å². The first kappa shape index (κ1) is 17.3. The maximum Gasteiger partial charge on any atom is 0.335 e. The van der Waals surface area contributed by atoms with Crippen LogP contribution in [0.4, 0.5) is 5.69 Å². The first-order chi connectivity index (χ1) is 13.0. The number of carboxylic acids is 1. The quantitative estimate of drug-likeness (QED) is 0.909. The fourth-order valence-corrected chi connectivity index (χ4v) is 3.58. The van der Waals surface area contributed by atoms with Crippen molar-refractivity contribution in [2.45, 2.75) is 26.3 Å². The normalized spacial score (nSPS) is 16.1. The summed E-state index contributed by atoms with van der Waals surface area (Å²) in [6, 6.07) is 12.7. The summed E-state index contributed by atoms with van der Waals surface area (Å²) in [5, 5.41) is 15.6. The van der Waals surface area contributed by atoms with E-state index >= 15 is 0 Å². The molecule has 0 spiro atoms. The highest BCUT2D eigenvalue weighted by atomic mass is 16.4. The number of carbonyl (C=O) groups is 2. The van der Waals surface area contributed by atoms with Gasteiger partial charge < -0.3 is 10.0 Å². The number of hydrogen-bond donors (Lipinski definition) is 1. The molecule has 0 unspecified atom stereocenters. The molecular formula is C21H21N3O3. The van der Waals surface area contributed by atoms with E-state index in [-0.39, 0.29) is 11.5 Å². The molecule has 0 saturated heterocycles. The van der Waals surface area contributed by atoms with Crippen molar-refractivity contribution in [2.24, 2.45) is 5.10 Å². The smallest absolute Gasteiger partial charge is 0.335 e. The van der Waals surface area contributed by atoms with Gasteiger partial charge >= 0.3 is 5.97 Å². The lowest BCUT2D eigenvalue weighted by Gasteiger charge is -2.29. The number of aromatic carboxylic acids is 1. The summed E-state index contributed by atoms with van der Waals surface area (Å²) in [6.07, 6.45) is 1.70. The number of carboxylic acid groups (broad SMARTS) is 1. The van der Waals surface area contributed by atoms with Crippen LogP contribution in [0.2, 0.25) is 0 Å². The third-order valence-electron chi connectivity index (χ3n) is 5.14. The van der Waals surface area contributed by atoms with Gasteiger partial charge in [-0.15, -0.1) is 0 Å². The topological polar surface area (TPSA) is 73.2 Å². The molecule has 4 rings (SSSR count). The zero-order valence-corrected chi connectivity index (χ0v) is 15.2. The first-order valence-electron chi connectivity index (χ1n) is 9.07. The molecule has 1 amide bonds. The molecule has 2 aromatic rings. The van der Waals surface area contributed by atoms with Crippen molar-refractivity contribution < 1.29 is 14.7 Å². The predicted molar refractivity (Wildman–Crippen MR) is 103 cm³/mol. The Morgan fingerprint density at radius 2 is 1.70 bits per heavy atom. The third-order valence-corrected chi connectivity index (χ3v) is 5.14. The van der Waals surface area contributed by atoms with Crippen LogP contribution in [0.25, 0.3) is 0 Å². The van der Waals surface area contributed by atoms with Crippen molar-refractivity contribution in [3.63, 3.8) is 0 Å². The number of fused-ring (bicyclic) bond motifs is 1. The Kier molecular flexibility index (Phi) is 4.39. The summed E-state index contributed by atoms with van der Waals surface area (Å²) in [4.78, 5) is 25.9. The highest BCUT2D eigenvalue weighted by Gasteiger charge is 2.23. The van der Waals surface area contributed by atoms with Crippen molar-refractivity contribution in [3.05, 3.63) is 64.7 Å². The van der Waals surface area contributed by atoms with Gasteiger partial charge in [-0.25, -0.2) is 4.79 Å². The average Bonchev–Trinajstić information content (AvgIpc) is 3.13. The molecule has 0 bridgehead atoms. The maximum absolute atomic E-state index is 12.9. The van der Waals surface area contributed by atoms with Gasteiger partial charge in [0.05, 0.1) is 11.3 Å². The van der Waals surface area contributed by atoms with Crippen LogP contribution in [0.1, 0.15) is 45.2 Å². The maximum atomic E-state index is 12.9. The molecule has 27 heavy (non-hydrogen) atoms. The zero-order valence-electron chi connectivity index (χ0n) is 15.2. The van der Waals surface area contributed by atoms with E-state index in [0.717, 1.165) is 41.9 Å². The summed E-state index contributed by atoms with van der Waals surface area (Å²) in [7, 11) is 0. The lowest BCUT2D eigenvalue weighted by molar-refractivity contribution is 0.0696. The van der Waals surface area contributed by atoms with Crippen LogP contribution in [-0.4, -0.2) is 40.7 Å². The fraction of sp³-hybridized carbons (Fsp3) is 0.286. The Hall–Kier alpha value is -3.15. The van der Waals surface area contributed by atoms with E-state index in [1.165, 1.54) is 0 Å². The van der Waals surface area contributed by atoms with E-state index in [9.17, 15) is 14.7 Å². The van der Waals surface area contributed by atoms with Crippen molar-refractivity contribution in [2.75, 3.05) is 18.1 Å². The van der Waals surface area contributed by atoms with E-state index < -0.39 is 5.97 Å². The van der Waals surface area contributed by atoms with Crippen LogP contribution in [0.5, 0.6) is 0 Å². The van der Waals surface area contributed by atoms with Gasteiger partial charge in [0.25, 0.3) is 5.91 Å². The predicted octanol–water partition coefficient (Wildman–Crippen LogP) is 3.17. The van der Waals surface area contributed by atoms with Crippen LogP contribution in [0.15, 0.2) is 47.6 Å². The van der Waals surface area contributed by atoms with Gasteiger partial charge in [0.1, 0.15) is 0 Å². The molecule has 0 radical (unpaired) electrons. The van der Waals surface area contributed by atoms with Gasteiger partial charge in [-0.1, -0.05) is 6.07 Å². The van der Waals surface area contributed by atoms with E-state index in [4.69, 9.17) is 0 Å². The molecule has 6 nitrogen and oxygen atoms in total. The summed E-state index contributed by atoms with van der Waals surface area (Å²) >= 11 is 0. The number of carbonyl (C=O) groups excluding carboxylic acids is 1. The van der Waals surface area contributed by atoms with E-state index in [1.807, 2.05) is 42.3 Å². The second kappa shape index (κ2) is 6.87. The second-order valence-corrected chi connectivity index (χ2v) is 7.02. The molecule has 1 N–H and O–H groups in total. The van der Waals surface area contributed by atoms with Crippen LogP contribution in [0.3, 0.4) is 0 Å². The number of amides is 1. The number of anilines is 1. The molecule has 0 atom stereocenters. The zero-order chi connectivity index (χ0) is 19.0. The summed E-state index contributed by atoms with van der Waals surface area (Å²) < 4.78 is 0. The molecular weight excluding hydrogens is 342 g/mol. The van der Waals surface area contributed by atoms with Gasteiger partial charge in [0.15, 0.2) is 0 Å². The number of rotatable bonds is 3. The van der Waals surface area contributed by atoms with Crippen molar-refractivity contribution in [3.8, 4) is 0 Å². The number of benzene rings is 2. The Morgan fingerprint density at radius 1 is 0.963 bits per heavy atom. The lowest BCUT2D eigenvalue weighted by atomic mass is 9.97. The summed E-state index contributed by atoms with van der Waals surface area (Å²) in [6.45, 7) is 3.96. The molecule has 0 fully saturated rings. The summed E-state index contributed by atoms with van der Waals surface area (Å²) in [5.41, 5.74) is 5.02. The van der Waals surface area contributed by atoms with Crippen molar-refractivity contribution >= 4 is 23.3 Å². The Labute approximate surface area is 157 Å². The van der Waals surface area contributed by atoms with Gasteiger partial charge in [0, 0.05) is 37.3 Å². The SMILES string of the molecule is CC1=NN(c2ccc(C(=O)N3CCc4ccc(C(=O)O)cc4C3)cc2)CC1. The lowest BCUT2D eigenvalue weighted by Crippen LogP contribution is -2.36. The average molecular weight is 363 g/mol. The minimum atomic E-state index is -0.948. The van der Waals surface area contributed by atoms with Crippen molar-refractivity contribution in [1.29, 1.82) is 0 Å². The highest BCUT2D eigenvalue weighted by molar-refractivity contribution is 5.95. The van der Waals surface area contributed by atoms with Crippen molar-refractivity contribution in [1.82, 2.24) is 4.90 Å². The highest BCUT2D eigenvalue weighted by Crippen LogP contribution is 2.24. The minimum absolute atomic E-state index is 0.0333. The number of nitrogens with zero attached hydrogens (tertiary/aromatic N) is 3. The number of hydrogen-bond acceptors (Lipinski definition) is 4. The van der Waals surface area contributed by atoms with Crippen LogP contribution in [0, 0.1) is 0 Å². The molecule has 2 heterocycles. The molecule has 138 valence electrons. The third kappa shape index (κ3) is 3.43. The molecule has 0 aromatic heterocycles. The van der Waals surface area contributed by atoms with Gasteiger partial charge in [-0.3, -0.25) is 9.80 Å². The molecule has 2 aliphatic heterocycles. The first-order valence-corrected chi connectivity index (χ1v) is 9.07. The number of hydrazone groups is 1. The van der Waals surface area contributed by atoms with Gasteiger partial charge in [0.2, 0.25) is 0 Å². The molecule has 6 heteroatoms. The van der Waals surface area contributed by atoms with Crippen LogP contribution < -0.4 is 5.01 Å². The largest absolute Gasteiger partial charge is 0.478 e. The standard InChI is InChI=1S/C21H21N3O3/c1-14-8-11-24(22-14)19-6-4-16(5-7-19)20(25)23-10-9-15-2-3-17(21(26)27)12-18(15)13-23/h2-7,12H,8-11,13H2,1H3,(H,26,27). The minimum Gasteiger partial charge on any atom is -0.478 e. The van der Waals surface area contributed by atoms with E-state index in [0.29, 0.717) is 18.7 Å². The van der Waals surface area contributed by atoms with Crippen LogP contribution >= 0.6 is 0 Å². The summed E-state index contributed by atoms with van der Waals surface area (Å²) in [5.74, 6) is -0.981. The second-order valence-electron chi connectivity index (χ2n) is 7.02. The molecule has 0 aliphatic carbocycles. The Bertz CT molecular complexity index is 934.